The Kier molecular flexibility index (Phi) is 4.53. The Morgan fingerprint density at radius 1 is 1.42 bits per heavy atom. The van der Waals surface area contributed by atoms with Crippen molar-refractivity contribution in [2.24, 2.45) is 0 Å². The summed E-state index contributed by atoms with van der Waals surface area (Å²) in [6.45, 7) is 5.53. The molecule has 1 fully saturated rings. The lowest BCUT2D eigenvalue weighted by Crippen LogP contribution is -2.42. The molecule has 1 N–H and O–H groups in total. The Bertz CT molecular complexity index is 430. The van der Waals surface area contributed by atoms with Crippen molar-refractivity contribution in [1.29, 1.82) is 0 Å². The average molecular weight is 269 g/mol. The van der Waals surface area contributed by atoms with Crippen molar-refractivity contribution < 1.29 is 13.5 Å². The zero-order valence-corrected chi connectivity index (χ0v) is 11.5. The van der Waals surface area contributed by atoms with Crippen LogP contribution >= 0.6 is 0 Å². The minimum Gasteiger partial charge on any atom is -0.373 e. The predicted molar refractivity (Wildman–Crippen MR) is 71.0 cm³/mol. The molecule has 2 unspecified atom stereocenters. The van der Waals surface area contributed by atoms with Crippen LogP contribution in [0.4, 0.5) is 8.78 Å². The van der Waals surface area contributed by atoms with Gasteiger partial charge in [0.2, 0.25) is 0 Å². The van der Waals surface area contributed by atoms with Crippen LogP contribution in [0.2, 0.25) is 0 Å². The first-order valence-electron chi connectivity index (χ1n) is 6.89. The minimum absolute atomic E-state index is 0.240. The normalized spacial score (nSPS) is 24.6. The van der Waals surface area contributed by atoms with Gasteiger partial charge in [-0.25, -0.2) is 8.78 Å². The highest BCUT2D eigenvalue weighted by atomic mass is 19.1. The second-order valence-corrected chi connectivity index (χ2v) is 5.32. The van der Waals surface area contributed by atoms with Crippen molar-refractivity contribution in [1.82, 2.24) is 5.32 Å². The van der Waals surface area contributed by atoms with Crippen molar-refractivity contribution >= 4 is 0 Å². The molecule has 1 aliphatic rings. The molecule has 2 atom stereocenters. The summed E-state index contributed by atoms with van der Waals surface area (Å²) in [7, 11) is 0. The van der Waals surface area contributed by atoms with Crippen LogP contribution in [0.3, 0.4) is 0 Å². The summed E-state index contributed by atoms with van der Waals surface area (Å²) in [5.41, 5.74) is 0.0626. The maximum absolute atomic E-state index is 14.0. The molecule has 1 aromatic carbocycles. The van der Waals surface area contributed by atoms with Gasteiger partial charge in [0.25, 0.3) is 0 Å². The van der Waals surface area contributed by atoms with E-state index in [0.717, 1.165) is 31.9 Å². The maximum atomic E-state index is 14.0. The Morgan fingerprint density at radius 2 is 2.21 bits per heavy atom. The lowest BCUT2D eigenvalue weighted by molar-refractivity contribution is -0.0134. The summed E-state index contributed by atoms with van der Waals surface area (Å²) in [5.74, 6) is -1.06. The summed E-state index contributed by atoms with van der Waals surface area (Å²) < 4.78 is 32.9. The zero-order chi connectivity index (χ0) is 13.9. The largest absolute Gasteiger partial charge is 0.373 e. The van der Waals surface area contributed by atoms with Crippen LogP contribution < -0.4 is 5.32 Å². The monoisotopic (exact) mass is 269 g/mol. The average Bonchev–Trinajstić information content (AvgIpc) is 2.80. The van der Waals surface area contributed by atoms with Gasteiger partial charge in [-0.1, -0.05) is 13.0 Å². The number of halogens is 2. The fraction of sp³-hybridized carbons (Fsp3) is 0.600. The smallest absolute Gasteiger partial charge is 0.131 e. The topological polar surface area (TPSA) is 21.3 Å². The SMILES string of the molecule is CCCNC(c1ccc(F)cc1F)C1(C)CCCO1. The second-order valence-electron chi connectivity index (χ2n) is 5.32. The number of rotatable bonds is 5. The zero-order valence-electron chi connectivity index (χ0n) is 11.5. The molecule has 0 saturated carbocycles. The molecule has 2 rings (SSSR count). The molecule has 2 nitrogen and oxygen atoms in total. The molecule has 0 amide bonds. The lowest BCUT2D eigenvalue weighted by Gasteiger charge is -2.34. The van der Waals surface area contributed by atoms with E-state index in [0.29, 0.717) is 12.2 Å². The summed E-state index contributed by atoms with van der Waals surface area (Å²) in [6.07, 6.45) is 2.81. The summed E-state index contributed by atoms with van der Waals surface area (Å²) in [5, 5.41) is 3.34. The molecule has 1 aliphatic heterocycles. The summed E-state index contributed by atoms with van der Waals surface area (Å²) >= 11 is 0. The molecule has 19 heavy (non-hydrogen) atoms. The summed E-state index contributed by atoms with van der Waals surface area (Å²) in [6, 6.07) is 3.52. The number of ether oxygens (including phenoxy) is 1. The van der Waals surface area contributed by atoms with Crippen LogP contribution in [-0.4, -0.2) is 18.8 Å². The first-order valence-corrected chi connectivity index (χ1v) is 6.89. The van der Waals surface area contributed by atoms with Gasteiger partial charge in [-0.15, -0.1) is 0 Å². The quantitative estimate of drug-likeness (QED) is 0.882. The molecule has 0 spiro atoms. The van der Waals surface area contributed by atoms with E-state index < -0.39 is 17.2 Å². The fourth-order valence-corrected chi connectivity index (χ4v) is 2.71. The Labute approximate surface area is 113 Å². The van der Waals surface area contributed by atoms with Crippen molar-refractivity contribution in [2.45, 2.75) is 44.8 Å². The van der Waals surface area contributed by atoms with Crippen LogP contribution in [-0.2, 0) is 4.74 Å². The molecule has 0 bridgehead atoms. The predicted octanol–water partition coefficient (Wildman–Crippen LogP) is 3.57. The molecular weight excluding hydrogens is 248 g/mol. The number of hydrogen-bond acceptors (Lipinski definition) is 2. The van der Waals surface area contributed by atoms with E-state index in [9.17, 15) is 8.78 Å². The fourth-order valence-electron chi connectivity index (χ4n) is 2.71. The van der Waals surface area contributed by atoms with Gasteiger partial charge in [-0.3, -0.25) is 0 Å². The van der Waals surface area contributed by atoms with Gasteiger partial charge in [0.1, 0.15) is 11.6 Å². The second kappa shape index (κ2) is 5.97. The van der Waals surface area contributed by atoms with E-state index in [1.807, 2.05) is 6.92 Å². The highest BCUT2D eigenvalue weighted by molar-refractivity contribution is 5.25. The molecule has 0 radical (unpaired) electrons. The molecule has 4 heteroatoms. The van der Waals surface area contributed by atoms with Crippen LogP contribution in [0.5, 0.6) is 0 Å². The van der Waals surface area contributed by atoms with Gasteiger partial charge < -0.3 is 10.1 Å². The number of nitrogens with one attached hydrogen (secondary N) is 1. The van der Waals surface area contributed by atoms with Crippen LogP contribution in [0, 0.1) is 11.6 Å². The Hall–Kier alpha value is -1.00. The van der Waals surface area contributed by atoms with Crippen molar-refractivity contribution in [2.75, 3.05) is 13.2 Å². The van der Waals surface area contributed by atoms with E-state index in [4.69, 9.17) is 4.74 Å². The molecular formula is C15H21F2NO. The van der Waals surface area contributed by atoms with E-state index in [-0.39, 0.29) is 6.04 Å². The lowest BCUT2D eigenvalue weighted by atomic mass is 9.87. The first kappa shape index (κ1) is 14.4. The van der Waals surface area contributed by atoms with Crippen molar-refractivity contribution in [3.63, 3.8) is 0 Å². The van der Waals surface area contributed by atoms with E-state index in [2.05, 4.69) is 12.2 Å². The number of hydrogen-bond donors (Lipinski definition) is 1. The molecule has 106 valence electrons. The third kappa shape index (κ3) is 3.12. The molecule has 0 aliphatic carbocycles. The highest BCUT2D eigenvalue weighted by Crippen LogP contribution is 2.38. The Balaban J connectivity index is 2.31. The Morgan fingerprint density at radius 3 is 2.79 bits per heavy atom. The number of benzene rings is 1. The van der Waals surface area contributed by atoms with Gasteiger partial charge >= 0.3 is 0 Å². The molecule has 1 saturated heterocycles. The first-order chi connectivity index (χ1) is 9.07. The van der Waals surface area contributed by atoms with Gasteiger partial charge in [-0.05, 0) is 38.8 Å². The van der Waals surface area contributed by atoms with Crippen molar-refractivity contribution in [3.8, 4) is 0 Å². The summed E-state index contributed by atoms with van der Waals surface area (Å²) in [4.78, 5) is 0. The third-order valence-electron chi connectivity index (χ3n) is 3.73. The van der Waals surface area contributed by atoms with Gasteiger partial charge in [0.15, 0.2) is 0 Å². The molecule has 1 heterocycles. The maximum Gasteiger partial charge on any atom is 0.131 e. The van der Waals surface area contributed by atoms with Crippen molar-refractivity contribution in [3.05, 3.63) is 35.4 Å². The van der Waals surface area contributed by atoms with E-state index >= 15 is 0 Å². The van der Waals surface area contributed by atoms with E-state index in [1.165, 1.54) is 12.1 Å². The third-order valence-corrected chi connectivity index (χ3v) is 3.73. The van der Waals surface area contributed by atoms with Crippen LogP contribution in [0.15, 0.2) is 18.2 Å². The van der Waals surface area contributed by atoms with Crippen LogP contribution in [0.1, 0.15) is 44.7 Å². The highest BCUT2D eigenvalue weighted by Gasteiger charge is 2.40. The molecule has 0 aromatic heterocycles. The van der Waals surface area contributed by atoms with Gasteiger partial charge in [0, 0.05) is 18.2 Å². The van der Waals surface area contributed by atoms with Gasteiger partial charge in [-0.2, -0.15) is 0 Å². The standard InChI is InChI=1S/C15H21F2NO/c1-3-8-18-14(15(2)7-4-9-19-15)12-6-5-11(16)10-13(12)17/h5-6,10,14,18H,3-4,7-9H2,1-2H3. The minimum atomic E-state index is -0.548. The van der Waals surface area contributed by atoms with Gasteiger partial charge in [0.05, 0.1) is 11.6 Å². The van der Waals surface area contributed by atoms with E-state index in [1.54, 1.807) is 0 Å². The molecule has 1 aromatic rings. The van der Waals surface area contributed by atoms with Crippen LogP contribution in [0.25, 0.3) is 0 Å².